The summed E-state index contributed by atoms with van der Waals surface area (Å²) in [6.45, 7) is 2.69. The summed E-state index contributed by atoms with van der Waals surface area (Å²) in [7, 11) is 0. The highest BCUT2D eigenvalue weighted by molar-refractivity contribution is 7.97. The van der Waals surface area contributed by atoms with Gasteiger partial charge in [-0.3, -0.25) is 5.14 Å². The van der Waals surface area contributed by atoms with Crippen molar-refractivity contribution < 1.29 is 17.9 Å². The molecule has 1 aromatic rings. The van der Waals surface area contributed by atoms with E-state index in [4.69, 9.17) is 9.88 Å². The number of nitrogens with two attached hydrogens (primary N) is 1. The summed E-state index contributed by atoms with van der Waals surface area (Å²) in [6.07, 6.45) is -4.34. The fourth-order valence-corrected chi connectivity index (χ4v) is 1.70. The van der Waals surface area contributed by atoms with Crippen molar-refractivity contribution in [2.45, 2.75) is 30.8 Å². The lowest BCUT2D eigenvalue weighted by molar-refractivity contribution is -0.153. The topological polar surface area (TPSA) is 35.2 Å². The zero-order valence-electron chi connectivity index (χ0n) is 9.54. The predicted octanol–water partition coefficient (Wildman–Crippen LogP) is 3.72. The Hall–Kier alpha value is -0.880. The van der Waals surface area contributed by atoms with Gasteiger partial charge in [0.2, 0.25) is 0 Å². The van der Waals surface area contributed by atoms with Crippen LogP contribution in [0.5, 0.6) is 5.75 Å². The molecule has 0 saturated heterocycles. The van der Waals surface area contributed by atoms with E-state index in [0.717, 1.165) is 17.5 Å². The van der Waals surface area contributed by atoms with Gasteiger partial charge in [-0.1, -0.05) is 19.9 Å². The van der Waals surface area contributed by atoms with Crippen LogP contribution >= 0.6 is 11.9 Å². The van der Waals surface area contributed by atoms with Crippen molar-refractivity contribution >= 4 is 11.9 Å². The normalized spacial score (nSPS) is 11.9. The lowest BCUT2D eigenvalue weighted by atomic mass is 10.0. The molecule has 1 rings (SSSR count). The lowest BCUT2D eigenvalue weighted by Crippen LogP contribution is -2.19. The van der Waals surface area contributed by atoms with Gasteiger partial charge in [0.05, 0.1) is 4.90 Å². The van der Waals surface area contributed by atoms with Gasteiger partial charge in [0.25, 0.3) is 0 Å². The summed E-state index contributed by atoms with van der Waals surface area (Å²) in [5.41, 5.74) is 1.01. The molecule has 0 unspecified atom stereocenters. The third-order valence-corrected chi connectivity index (χ3v) is 2.73. The first-order chi connectivity index (χ1) is 7.83. The van der Waals surface area contributed by atoms with Crippen LogP contribution in [-0.2, 0) is 0 Å². The second-order valence-electron chi connectivity index (χ2n) is 3.88. The molecule has 0 aromatic heterocycles. The highest BCUT2D eigenvalue weighted by atomic mass is 32.2. The highest BCUT2D eigenvalue weighted by Crippen LogP contribution is 2.31. The summed E-state index contributed by atoms with van der Waals surface area (Å²) in [6, 6.07) is 5.02. The number of rotatable bonds is 4. The minimum absolute atomic E-state index is 0.166. The van der Waals surface area contributed by atoms with Crippen molar-refractivity contribution in [1.29, 1.82) is 0 Å². The van der Waals surface area contributed by atoms with E-state index in [9.17, 15) is 13.2 Å². The molecule has 0 heterocycles. The van der Waals surface area contributed by atoms with Gasteiger partial charge < -0.3 is 4.74 Å². The Balaban J connectivity index is 2.86. The van der Waals surface area contributed by atoms with Crippen molar-refractivity contribution in [3.8, 4) is 5.75 Å². The first-order valence-electron chi connectivity index (χ1n) is 5.03. The summed E-state index contributed by atoms with van der Waals surface area (Å²) in [5.74, 6) is 0.455. The van der Waals surface area contributed by atoms with Crippen LogP contribution in [0.15, 0.2) is 23.1 Å². The molecule has 0 aliphatic carbocycles. The van der Waals surface area contributed by atoms with Crippen LogP contribution in [0.25, 0.3) is 0 Å². The van der Waals surface area contributed by atoms with Gasteiger partial charge in [-0.15, -0.1) is 0 Å². The molecular weight excluding hydrogens is 251 g/mol. The smallest absolute Gasteiger partial charge is 0.422 e. The number of alkyl halides is 3. The third-order valence-electron chi connectivity index (χ3n) is 2.15. The van der Waals surface area contributed by atoms with Crippen molar-refractivity contribution in [3.05, 3.63) is 23.8 Å². The fraction of sp³-hybridized carbons (Fsp3) is 0.455. The minimum atomic E-state index is -4.34. The van der Waals surface area contributed by atoms with Gasteiger partial charge in [-0.2, -0.15) is 13.2 Å². The van der Waals surface area contributed by atoms with E-state index in [1.54, 1.807) is 12.1 Å². The highest BCUT2D eigenvalue weighted by Gasteiger charge is 2.28. The third kappa shape index (κ3) is 4.47. The van der Waals surface area contributed by atoms with Crippen LogP contribution in [0.3, 0.4) is 0 Å². The van der Waals surface area contributed by atoms with Gasteiger partial charge in [-0.25, -0.2) is 0 Å². The average Bonchev–Trinajstić information content (AvgIpc) is 2.24. The van der Waals surface area contributed by atoms with Crippen LogP contribution in [0.2, 0.25) is 0 Å². The molecular formula is C11H14F3NOS. The molecule has 0 amide bonds. The van der Waals surface area contributed by atoms with E-state index in [1.165, 1.54) is 6.07 Å². The van der Waals surface area contributed by atoms with Gasteiger partial charge >= 0.3 is 6.18 Å². The SMILES string of the molecule is CC(C)c1ccc(OCC(F)(F)F)c(SN)c1. The Morgan fingerprint density at radius 1 is 1.35 bits per heavy atom. The Morgan fingerprint density at radius 2 is 2.00 bits per heavy atom. The molecule has 2 nitrogen and oxygen atoms in total. The molecule has 17 heavy (non-hydrogen) atoms. The summed E-state index contributed by atoms with van der Waals surface area (Å²) in [5, 5.41) is 5.41. The van der Waals surface area contributed by atoms with Crippen LogP contribution < -0.4 is 9.88 Å². The molecule has 0 bridgehead atoms. The molecule has 0 radical (unpaired) electrons. The molecule has 96 valence electrons. The summed E-state index contributed by atoms with van der Waals surface area (Å²) >= 11 is 0.885. The van der Waals surface area contributed by atoms with Crippen molar-refractivity contribution in [2.75, 3.05) is 6.61 Å². The maximum Gasteiger partial charge on any atom is 0.422 e. The summed E-state index contributed by atoms with van der Waals surface area (Å²) in [4.78, 5) is 0.514. The fourth-order valence-electron chi connectivity index (χ4n) is 1.25. The molecule has 0 saturated carbocycles. The number of hydrogen-bond acceptors (Lipinski definition) is 3. The Labute approximate surface area is 102 Å². The monoisotopic (exact) mass is 265 g/mol. The van der Waals surface area contributed by atoms with E-state index in [0.29, 0.717) is 4.90 Å². The van der Waals surface area contributed by atoms with E-state index < -0.39 is 12.8 Å². The first kappa shape index (κ1) is 14.2. The maximum atomic E-state index is 12.0. The molecule has 1 aromatic carbocycles. The second-order valence-corrected chi connectivity index (χ2v) is 4.56. The molecule has 2 N–H and O–H groups in total. The zero-order valence-corrected chi connectivity index (χ0v) is 10.4. The van der Waals surface area contributed by atoms with E-state index in [1.807, 2.05) is 13.8 Å². The molecule has 0 fully saturated rings. The summed E-state index contributed by atoms with van der Waals surface area (Å²) < 4.78 is 40.8. The molecule has 0 atom stereocenters. The van der Waals surface area contributed by atoms with Gasteiger partial charge in [0, 0.05) is 0 Å². The van der Waals surface area contributed by atoms with Crippen LogP contribution in [0.1, 0.15) is 25.3 Å². The minimum Gasteiger partial charge on any atom is -0.483 e. The number of halogens is 3. The van der Waals surface area contributed by atoms with Gasteiger partial charge in [-0.05, 0) is 35.6 Å². The van der Waals surface area contributed by atoms with Crippen molar-refractivity contribution in [3.63, 3.8) is 0 Å². The van der Waals surface area contributed by atoms with Crippen LogP contribution in [-0.4, -0.2) is 12.8 Å². The van der Waals surface area contributed by atoms with Crippen LogP contribution in [0, 0.1) is 0 Å². The second kappa shape index (κ2) is 5.64. The molecule has 0 aliphatic rings. The van der Waals surface area contributed by atoms with E-state index in [2.05, 4.69) is 0 Å². The Bertz CT molecular complexity index is 379. The van der Waals surface area contributed by atoms with E-state index in [-0.39, 0.29) is 11.7 Å². The molecule has 0 aliphatic heterocycles. The number of hydrogen-bond donors (Lipinski definition) is 1. The van der Waals surface area contributed by atoms with E-state index >= 15 is 0 Å². The first-order valence-corrected chi connectivity index (χ1v) is 5.91. The van der Waals surface area contributed by atoms with Crippen molar-refractivity contribution in [1.82, 2.24) is 0 Å². The zero-order chi connectivity index (χ0) is 13.1. The largest absolute Gasteiger partial charge is 0.483 e. The van der Waals surface area contributed by atoms with Gasteiger partial charge in [0.1, 0.15) is 5.75 Å². The quantitative estimate of drug-likeness (QED) is 0.843. The maximum absolute atomic E-state index is 12.0. The average molecular weight is 265 g/mol. The Morgan fingerprint density at radius 3 is 2.47 bits per heavy atom. The lowest BCUT2D eigenvalue weighted by Gasteiger charge is -2.14. The standard InChI is InChI=1S/C11H14F3NOS/c1-7(2)8-3-4-9(10(5-8)17-15)16-6-11(12,13)14/h3-5,7H,6,15H2,1-2H3. The molecule has 6 heteroatoms. The van der Waals surface area contributed by atoms with Crippen molar-refractivity contribution in [2.24, 2.45) is 5.14 Å². The predicted molar refractivity (Wildman–Crippen MR) is 62.1 cm³/mol. The Kier molecular flexibility index (Phi) is 4.70. The number of ether oxygens (including phenoxy) is 1. The van der Waals surface area contributed by atoms with Crippen LogP contribution in [0.4, 0.5) is 13.2 Å². The van der Waals surface area contributed by atoms with Gasteiger partial charge in [0.15, 0.2) is 6.61 Å². The molecule has 0 spiro atoms. The number of benzene rings is 1.